The maximum atomic E-state index is 13.0. The van der Waals surface area contributed by atoms with E-state index >= 15 is 0 Å². The molecule has 1 aromatic carbocycles. The van der Waals surface area contributed by atoms with Gasteiger partial charge in [-0.2, -0.15) is 0 Å². The molecule has 1 aromatic rings. The number of unbranched alkanes of at least 4 members (excludes halogenated alkanes) is 2. The molecular weight excluding hydrogens is 442 g/mol. The van der Waals surface area contributed by atoms with Gasteiger partial charge in [-0.3, -0.25) is 14.6 Å². The molecule has 0 saturated carbocycles. The zero-order valence-electron chi connectivity index (χ0n) is 19.0. The van der Waals surface area contributed by atoms with Gasteiger partial charge >= 0.3 is 5.97 Å². The Morgan fingerprint density at radius 3 is 2.75 bits per heavy atom. The van der Waals surface area contributed by atoms with Crippen LogP contribution in [0.25, 0.3) is 0 Å². The Hall–Kier alpha value is -1.93. The standard InChI is InChI=1S/C24H33N3O3S2/c1-3-9-20-22(32-24-25-15-8-16-27(20)24)23(29)26-18-11-13-19(14-12-18)31-17-7-5-6-10-21(28)30-4-2/h11-14H,3-10,15-17H2,1-2H3,(H,26,29). The largest absolute Gasteiger partial charge is 0.466 e. The van der Waals surface area contributed by atoms with Crippen LogP contribution in [-0.4, -0.2) is 47.4 Å². The van der Waals surface area contributed by atoms with Crippen molar-refractivity contribution in [3.63, 3.8) is 0 Å². The van der Waals surface area contributed by atoms with Crippen LogP contribution in [0.2, 0.25) is 0 Å². The summed E-state index contributed by atoms with van der Waals surface area (Å²) < 4.78 is 4.95. The van der Waals surface area contributed by atoms with Gasteiger partial charge in [-0.25, -0.2) is 0 Å². The number of carbonyl (C=O) groups is 2. The number of hydrogen-bond donors (Lipinski definition) is 1. The summed E-state index contributed by atoms with van der Waals surface area (Å²) in [6.07, 6.45) is 6.41. The summed E-state index contributed by atoms with van der Waals surface area (Å²) in [6, 6.07) is 8.03. The number of benzene rings is 1. The fourth-order valence-electron chi connectivity index (χ4n) is 3.65. The second-order valence-electron chi connectivity index (χ2n) is 7.74. The molecule has 8 heteroatoms. The van der Waals surface area contributed by atoms with E-state index in [1.807, 2.05) is 19.1 Å². The van der Waals surface area contributed by atoms with Crippen LogP contribution in [0, 0.1) is 0 Å². The Balaban J connectivity index is 1.45. The summed E-state index contributed by atoms with van der Waals surface area (Å²) in [5.41, 5.74) is 1.92. The van der Waals surface area contributed by atoms with Gasteiger partial charge < -0.3 is 15.0 Å². The van der Waals surface area contributed by atoms with Crippen LogP contribution in [-0.2, 0) is 14.3 Å². The molecular formula is C24H33N3O3S2. The number of carbonyl (C=O) groups excluding carboxylic acids is 2. The number of esters is 1. The predicted octanol–water partition coefficient (Wildman–Crippen LogP) is 5.66. The smallest absolute Gasteiger partial charge is 0.305 e. The third-order valence-electron chi connectivity index (χ3n) is 5.20. The number of ether oxygens (including phenoxy) is 1. The maximum absolute atomic E-state index is 13.0. The van der Waals surface area contributed by atoms with Crippen molar-refractivity contribution in [2.45, 2.75) is 63.7 Å². The third kappa shape index (κ3) is 7.04. The van der Waals surface area contributed by atoms with Crippen molar-refractivity contribution in [2.24, 2.45) is 4.99 Å². The maximum Gasteiger partial charge on any atom is 0.305 e. The number of nitrogens with one attached hydrogen (secondary N) is 1. The molecule has 6 nitrogen and oxygen atoms in total. The van der Waals surface area contributed by atoms with Gasteiger partial charge in [0.05, 0.1) is 11.5 Å². The fraction of sp³-hybridized carbons (Fsp3) is 0.542. The SMILES string of the molecule is CCCC1=C(C(=O)Nc2ccc(SCCCCCC(=O)OCC)cc2)SC2=NCCCN21. The number of nitrogens with zero attached hydrogens (tertiary/aromatic N) is 2. The number of allylic oxidation sites excluding steroid dienone is 1. The van der Waals surface area contributed by atoms with Crippen molar-refractivity contribution in [1.82, 2.24) is 4.90 Å². The lowest BCUT2D eigenvalue weighted by Crippen LogP contribution is -2.29. The van der Waals surface area contributed by atoms with E-state index in [0.29, 0.717) is 13.0 Å². The zero-order valence-corrected chi connectivity index (χ0v) is 20.7. The fourth-order valence-corrected chi connectivity index (χ4v) is 5.69. The van der Waals surface area contributed by atoms with Crippen LogP contribution in [0.1, 0.15) is 58.8 Å². The molecule has 1 N–H and O–H groups in total. The summed E-state index contributed by atoms with van der Waals surface area (Å²) in [4.78, 5) is 33.1. The van der Waals surface area contributed by atoms with Gasteiger partial charge in [0.25, 0.3) is 5.91 Å². The first-order chi connectivity index (χ1) is 15.6. The van der Waals surface area contributed by atoms with Crippen molar-refractivity contribution in [1.29, 1.82) is 0 Å². The number of aliphatic imine (C=N–C) groups is 1. The number of rotatable bonds is 12. The molecule has 3 rings (SSSR count). The number of amidine groups is 1. The van der Waals surface area contributed by atoms with Crippen LogP contribution in [0.4, 0.5) is 5.69 Å². The van der Waals surface area contributed by atoms with Crippen molar-refractivity contribution in [2.75, 3.05) is 30.8 Å². The molecule has 0 saturated heterocycles. The first kappa shape index (κ1) is 24.7. The molecule has 0 aromatic heterocycles. The highest BCUT2D eigenvalue weighted by Gasteiger charge is 2.33. The van der Waals surface area contributed by atoms with Crippen molar-refractivity contribution < 1.29 is 14.3 Å². The van der Waals surface area contributed by atoms with Crippen molar-refractivity contribution >= 4 is 46.3 Å². The van der Waals surface area contributed by atoms with E-state index in [2.05, 4.69) is 34.3 Å². The zero-order chi connectivity index (χ0) is 22.8. The molecule has 0 fully saturated rings. The summed E-state index contributed by atoms with van der Waals surface area (Å²) >= 11 is 3.30. The average Bonchev–Trinajstić information content (AvgIpc) is 3.16. The van der Waals surface area contributed by atoms with Gasteiger partial charge in [0.1, 0.15) is 0 Å². The third-order valence-corrected chi connectivity index (χ3v) is 7.46. The van der Waals surface area contributed by atoms with E-state index in [-0.39, 0.29) is 11.9 Å². The monoisotopic (exact) mass is 475 g/mol. The number of thioether (sulfide) groups is 2. The van der Waals surface area contributed by atoms with Crippen LogP contribution in [0.5, 0.6) is 0 Å². The van der Waals surface area contributed by atoms with Crippen LogP contribution in [0.3, 0.4) is 0 Å². The summed E-state index contributed by atoms with van der Waals surface area (Å²) in [5, 5.41) is 4.03. The van der Waals surface area contributed by atoms with Crippen LogP contribution >= 0.6 is 23.5 Å². The van der Waals surface area contributed by atoms with E-state index in [1.165, 1.54) is 16.7 Å². The first-order valence-electron chi connectivity index (χ1n) is 11.5. The second kappa shape index (κ2) is 12.9. The van der Waals surface area contributed by atoms with Gasteiger partial charge in [0.2, 0.25) is 0 Å². The Kier molecular flexibility index (Phi) is 9.99. The van der Waals surface area contributed by atoms with E-state index in [9.17, 15) is 9.59 Å². The predicted molar refractivity (Wildman–Crippen MR) is 134 cm³/mol. The molecule has 32 heavy (non-hydrogen) atoms. The Labute approximate surface area is 199 Å². The molecule has 0 bridgehead atoms. The van der Waals surface area contributed by atoms with Gasteiger partial charge in [-0.15, -0.1) is 11.8 Å². The highest BCUT2D eigenvalue weighted by atomic mass is 32.2. The van der Waals surface area contributed by atoms with E-state index in [4.69, 9.17) is 4.74 Å². The summed E-state index contributed by atoms with van der Waals surface area (Å²) in [5.74, 6) is 0.865. The van der Waals surface area contributed by atoms with E-state index in [0.717, 1.165) is 78.8 Å². The number of fused-ring (bicyclic) bond motifs is 1. The van der Waals surface area contributed by atoms with Gasteiger partial charge in [0.15, 0.2) is 5.17 Å². The average molecular weight is 476 g/mol. The second-order valence-corrected chi connectivity index (χ2v) is 9.89. The van der Waals surface area contributed by atoms with Crippen LogP contribution < -0.4 is 5.32 Å². The molecule has 2 aliphatic rings. The van der Waals surface area contributed by atoms with Crippen molar-refractivity contribution in [3.8, 4) is 0 Å². The summed E-state index contributed by atoms with van der Waals surface area (Å²) in [7, 11) is 0. The molecule has 1 amide bonds. The molecule has 0 atom stereocenters. The minimum atomic E-state index is -0.102. The van der Waals surface area contributed by atoms with Gasteiger partial charge in [-0.05, 0) is 74.4 Å². The van der Waals surface area contributed by atoms with Crippen LogP contribution in [0.15, 0.2) is 44.8 Å². The molecule has 2 aliphatic heterocycles. The van der Waals surface area contributed by atoms with Gasteiger partial charge in [-0.1, -0.05) is 19.8 Å². The highest BCUT2D eigenvalue weighted by Crippen LogP contribution is 2.38. The molecule has 0 aliphatic carbocycles. The van der Waals surface area contributed by atoms with Crippen molar-refractivity contribution in [3.05, 3.63) is 34.9 Å². The number of hydrogen-bond acceptors (Lipinski definition) is 7. The Bertz CT molecular complexity index is 853. The van der Waals surface area contributed by atoms with E-state index in [1.54, 1.807) is 11.8 Å². The number of anilines is 1. The van der Waals surface area contributed by atoms with E-state index < -0.39 is 0 Å². The van der Waals surface area contributed by atoms with Gasteiger partial charge in [0, 0.05) is 35.8 Å². The molecule has 0 radical (unpaired) electrons. The minimum Gasteiger partial charge on any atom is -0.466 e. The highest BCUT2D eigenvalue weighted by molar-refractivity contribution is 8.18. The molecule has 174 valence electrons. The molecule has 0 spiro atoms. The molecule has 2 heterocycles. The molecule has 0 unspecified atom stereocenters. The minimum absolute atomic E-state index is 0.0439. The summed E-state index contributed by atoms with van der Waals surface area (Å²) in [6.45, 7) is 6.22. The quantitative estimate of drug-likeness (QED) is 0.239. The lowest BCUT2D eigenvalue weighted by Gasteiger charge is -2.25. The lowest BCUT2D eigenvalue weighted by atomic mass is 10.2. The topological polar surface area (TPSA) is 71.0 Å². The Morgan fingerprint density at radius 1 is 1.19 bits per heavy atom. The first-order valence-corrected chi connectivity index (χ1v) is 13.4. The normalized spacial score (nSPS) is 15.4. The lowest BCUT2D eigenvalue weighted by molar-refractivity contribution is -0.143. The number of amides is 1. The Morgan fingerprint density at radius 2 is 2.00 bits per heavy atom.